The molecule has 8 rings (SSSR count). The molecule has 0 aliphatic carbocycles. The fourth-order valence-electron chi connectivity index (χ4n) is 4.77. The molecule has 378 valence electrons. The maximum Gasteiger partial charge on any atom is 0.290 e. The number of aromatic amines is 1. The number of nitrogen functional groups attached to an aromatic ring is 1. The largest absolute Gasteiger partial charge is 0.483 e. The molecule has 69 heavy (non-hydrogen) atoms. The van der Waals surface area contributed by atoms with E-state index in [1.165, 1.54) is 0 Å². The number of aromatic nitrogens is 4. The van der Waals surface area contributed by atoms with Gasteiger partial charge in [0, 0.05) is 54.4 Å². The second-order valence-corrected chi connectivity index (χ2v) is 11.0. The van der Waals surface area contributed by atoms with E-state index in [1.807, 2.05) is 211 Å². The van der Waals surface area contributed by atoms with Crippen molar-refractivity contribution in [3.8, 4) is 22.8 Å². The van der Waals surface area contributed by atoms with Gasteiger partial charge < -0.3 is 35.1 Å². The van der Waals surface area contributed by atoms with E-state index in [2.05, 4.69) is 19.9 Å². The Bertz CT molecular complexity index is 2470. The van der Waals surface area contributed by atoms with Crippen molar-refractivity contribution in [3.05, 3.63) is 199 Å². The summed E-state index contributed by atoms with van der Waals surface area (Å²) >= 11 is 0. The van der Waals surface area contributed by atoms with E-state index in [-0.39, 0.29) is 46.0 Å². The molecule has 0 radical (unpaired) electrons. The van der Waals surface area contributed by atoms with Gasteiger partial charge in [-0.05, 0) is 30.3 Å². The number of primary amides is 1. The number of para-hydroxylation sites is 3. The standard InChI is InChI=1S/C14H10N2O.C14H10N2.C7H8N2O.C7H6O.6C2H6.CH2O2.CH3.H3N.Pd/c17-14-11-8-4-5-9-12(11)15-13(16-14)10-6-2-1-3-7-10;1-2-6-11(7-3-1)14-15-10-12-8-4-5-9-13(12)16-14;8-6-4-2-1-3-5(6)7(9)10;8-6-7-4-2-1-3-5-7;6*1-2;2-1-3;;;/h1-9H,(H,15,16,17);1-10H;1-4H,8H2,(H2,9,10);1-6H;6*1-2H3;1H,(H,2,3);2*1H3;/q;;;;;;;;;;;-1;;. The number of hydrogen-bond acceptors (Lipinski definition) is 9. The summed E-state index contributed by atoms with van der Waals surface area (Å²) in [5.41, 5.74) is 15.5. The number of fused-ring (bicyclic) bond motifs is 2. The fraction of sp³-hybridized carbons (Fsp3) is 0.214. The van der Waals surface area contributed by atoms with Crippen molar-refractivity contribution in [1.82, 2.24) is 26.1 Å². The van der Waals surface area contributed by atoms with E-state index in [0.29, 0.717) is 22.5 Å². The summed E-state index contributed by atoms with van der Waals surface area (Å²) in [4.78, 5) is 57.0. The summed E-state index contributed by atoms with van der Waals surface area (Å²) in [6, 6.07) is 50.8. The summed E-state index contributed by atoms with van der Waals surface area (Å²) in [5, 5.41) is 8.58. The van der Waals surface area contributed by atoms with Crippen LogP contribution in [0.25, 0.3) is 44.6 Å². The van der Waals surface area contributed by atoms with Crippen LogP contribution < -0.4 is 23.2 Å². The zero-order valence-electron chi connectivity index (χ0n) is 42.9. The second kappa shape index (κ2) is 50.2. The normalized spacial score (nSPS) is 8.06. The van der Waals surface area contributed by atoms with E-state index in [0.717, 1.165) is 45.2 Å². The maximum atomic E-state index is 11.9. The van der Waals surface area contributed by atoms with Crippen molar-refractivity contribution in [2.45, 2.75) is 83.1 Å². The van der Waals surface area contributed by atoms with Crippen LogP contribution in [0.2, 0.25) is 0 Å². The number of nitrogens with zero attached hydrogens (tertiary/aromatic N) is 3. The van der Waals surface area contributed by atoms with Gasteiger partial charge in [0.1, 0.15) is 12.1 Å². The Hall–Kier alpha value is -7.17. The first-order chi connectivity index (χ1) is 32.3. The van der Waals surface area contributed by atoms with Gasteiger partial charge in [-0.25, -0.2) is 15.0 Å². The molecule has 0 spiro atoms. The van der Waals surface area contributed by atoms with E-state index < -0.39 is 5.91 Å². The van der Waals surface area contributed by atoms with Gasteiger partial charge in [-0.3, -0.25) is 19.2 Å². The molecule has 9 N–H and O–H groups in total. The number of aldehydes is 1. The third-order valence-corrected chi connectivity index (χ3v) is 7.34. The third kappa shape index (κ3) is 29.3. The molecule has 2 heterocycles. The van der Waals surface area contributed by atoms with Crippen molar-refractivity contribution in [2.24, 2.45) is 5.73 Å². The molecule has 0 atom stereocenters. The number of carboxylic acid groups (broad SMARTS) is 1. The van der Waals surface area contributed by atoms with Gasteiger partial charge in [0.25, 0.3) is 17.9 Å². The predicted octanol–water partition coefficient (Wildman–Crippen LogP) is 14.2. The average Bonchev–Trinajstić information content (AvgIpc) is 3.41. The molecular formula is C56H78N7O5Pd-. The molecule has 0 unspecified atom stereocenters. The SMILES string of the molecule is CC.CC.CC.CC.CC.CC.N.NC(=O)c1ccccc1N.O=CO.O=Cc1ccccc1.O=c1[nH]c(-c2ccccc2)nc2ccccc12.[CH3-].[Pd].c1ccc(-c2ncc3ccccc3n2)cc1. The topological polar surface area (TPSA) is 230 Å². The van der Waals surface area contributed by atoms with Gasteiger partial charge in [0.2, 0.25) is 0 Å². The molecule has 0 fully saturated rings. The van der Waals surface area contributed by atoms with E-state index in [4.69, 9.17) is 21.4 Å². The molecule has 0 aliphatic heterocycles. The van der Waals surface area contributed by atoms with Crippen LogP contribution in [0.1, 0.15) is 104 Å². The number of nitrogens with one attached hydrogen (secondary N) is 1. The summed E-state index contributed by atoms with van der Waals surface area (Å²) < 4.78 is 0. The summed E-state index contributed by atoms with van der Waals surface area (Å²) in [7, 11) is 0. The number of carbonyl (C=O) groups excluding carboxylic acids is 2. The Morgan fingerprint density at radius 1 is 0.565 bits per heavy atom. The molecule has 1 amide bonds. The van der Waals surface area contributed by atoms with Crippen LogP contribution in [-0.4, -0.2) is 43.7 Å². The number of benzene rings is 6. The van der Waals surface area contributed by atoms with E-state index in [1.54, 1.807) is 42.5 Å². The molecule has 0 aliphatic rings. The first-order valence-corrected chi connectivity index (χ1v) is 22.4. The van der Waals surface area contributed by atoms with Crippen LogP contribution in [0.5, 0.6) is 0 Å². The predicted molar refractivity (Wildman–Crippen MR) is 292 cm³/mol. The van der Waals surface area contributed by atoms with Crippen LogP contribution in [0.3, 0.4) is 0 Å². The number of nitrogens with two attached hydrogens (primary N) is 2. The minimum atomic E-state index is -0.488. The molecule has 12 nitrogen and oxygen atoms in total. The monoisotopic (exact) mass is 1030 g/mol. The van der Waals surface area contributed by atoms with Crippen molar-refractivity contribution >= 4 is 46.2 Å². The van der Waals surface area contributed by atoms with Crippen LogP contribution in [0.15, 0.2) is 175 Å². The van der Waals surface area contributed by atoms with Gasteiger partial charge in [-0.1, -0.05) is 217 Å². The zero-order valence-corrected chi connectivity index (χ0v) is 44.5. The van der Waals surface area contributed by atoms with E-state index >= 15 is 0 Å². The minimum Gasteiger partial charge on any atom is -0.483 e. The molecule has 2 aromatic heterocycles. The quantitative estimate of drug-likeness (QED) is 0.0484. The van der Waals surface area contributed by atoms with Crippen molar-refractivity contribution in [2.75, 3.05) is 5.73 Å². The van der Waals surface area contributed by atoms with Gasteiger partial charge in [0.05, 0.1) is 22.0 Å². The van der Waals surface area contributed by atoms with Crippen LogP contribution in [0.4, 0.5) is 5.69 Å². The zero-order chi connectivity index (χ0) is 50.5. The number of anilines is 1. The first-order valence-electron chi connectivity index (χ1n) is 22.4. The van der Waals surface area contributed by atoms with Crippen molar-refractivity contribution in [1.29, 1.82) is 0 Å². The van der Waals surface area contributed by atoms with Crippen LogP contribution in [0, 0.1) is 7.43 Å². The average molecular weight is 1040 g/mol. The van der Waals surface area contributed by atoms with E-state index in [9.17, 15) is 14.4 Å². The van der Waals surface area contributed by atoms with Crippen molar-refractivity contribution < 1.29 is 39.9 Å². The minimum absolute atomic E-state index is 0. The van der Waals surface area contributed by atoms with Gasteiger partial charge in [-0.2, -0.15) is 0 Å². The van der Waals surface area contributed by atoms with Gasteiger partial charge >= 0.3 is 0 Å². The summed E-state index contributed by atoms with van der Waals surface area (Å²) in [6.45, 7) is 23.8. The molecule has 0 saturated carbocycles. The summed E-state index contributed by atoms with van der Waals surface area (Å²) in [6.07, 6.45) is 2.70. The first kappa shape index (κ1) is 73.4. The molecule has 0 bridgehead atoms. The maximum absolute atomic E-state index is 11.9. The fourth-order valence-corrected chi connectivity index (χ4v) is 4.77. The number of hydrogen-bond donors (Lipinski definition) is 5. The summed E-state index contributed by atoms with van der Waals surface area (Å²) in [5.74, 6) is 0.895. The number of rotatable bonds is 4. The Morgan fingerprint density at radius 2 is 0.971 bits per heavy atom. The third-order valence-electron chi connectivity index (χ3n) is 7.34. The Morgan fingerprint density at radius 3 is 1.42 bits per heavy atom. The number of carbonyl (C=O) groups is 3. The molecule has 6 aromatic carbocycles. The number of H-pyrrole nitrogens is 1. The Labute approximate surface area is 426 Å². The van der Waals surface area contributed by atoms with Crippen molar-refractivity contribution in [3.63, 3.8) is 0 Å². The molecule has 13 heteroatoms. The second-order valence-electron chi connectivity index (χ2n) is 11.0. The number of amides is 1. The Balaban J connectivity index is -0.000000177. The Kier molecular flexibility index (Phi) is 53.5. The molecule has 8 aromatic rings. The van der Waals surface area contributed by atoms with Crippen LogP contribution >= 0.6 is 0 Å². The van der Waals surface area contributed by atoms with Gasteiger partial charge in [0.15, 0.2) is 5.82 Å². The molecule has 0 saturated heterocycles. The molecular weight excluding hydrogens is 957 g/mol. The smallest absolute Gasteiger partial charge is 0.290 e. The van der Waals surface area contributed by atoms with Crippen LogP contribution in [-0.2, 0) is 25.2 Å². The van der Waals surface area contributed by atoms with Gasteiger partial charge in [-0.15, -0.1) is 0 Å².